The fraction of sp³-hybridized carbons (Fsp3) is 0.167. The Balaban J connectivity index is 1.84. The van der Waals surface area contributed by atoms with Gasteiger partial charge in [0.05, 0.1) is 0 Å². The van der Waals surface area contributed by atoms with E-state index in [2.05, 4.69) is 111 Å². The summed E-state index contributed by atoms with van der Waals surface area (Å²) in [5.41, 5.74) is 5.16. The van der Waals surface area contributed by atoms with E-state index in [1.54, 1.807) is 0 Å². The normalized spacial score (nSPS) is 11.0. The molecular formula is C24H24N2Se. The first-order valence-electron chi connectivity index (χ1n) is 9.11. The van der Waals surface area contributed by atoms with Crippen molar-refractivity contribution in [2.75, 3.05) is 38.0 Å². The van der Waals surface area contributed by atoms with Gasteiger partial charge in [-0.2, -0.15) is 0 Å². The van der Waals surface area contributed by atoms with E-state index < -0.39 is 0 Å². The number of fused-ring (bicyclic) bond motifs is 1. The van der Waals surface area contributed by atoms with Crippen molar-refractivity contribution in [1.29, 1.82) is 0 Å². The molecule has 0 atom stereocenters. The number of benzene rings is 3. The van der Waals surface area contributed by atoms with Crippen LogP contribution in [0.3, 0.4) is 0 Å². The minimum atomic E-state index is 0.295. The van der Waals surface area contributed by atoms with Gasteiger partial charge in [0.2, 0.25) is 0 Å². The Morgan fingerprint density at radius 2 is 0.889 bits per heavy atom. The summed E-state index contributed by atoms with van der Waals surface area (Å²) in [5.74, 6) is 0. The van der Waals surface area contributed by atoms with Gasteiger partial charge >= 0.3 is 167 Å². The van der Waals surface area contributed by atoms with E-state index in [0.29, 0.717) is 14.5 Å². The molecule has 0 aliphatic heterocycles. The third-order valence-corrected chi connectivity index (χ3v) is 7.68. The van der Waals surface area contributed by atoms with E-state index in [1.165, 1.54) is 42.1 Å². The molecule has 136 valence electrons. The predicted molar refractivity (Wildman–Crippen MR) is 120 cm³/mol. The van der Waals surface area contributed by atoms with Crippen LogP contribution in [0.25, 0.3) is 30.8 Å². The standard InChI is InChI=1S/C24H24N2Se/c1-25(2)19-13-9-17(10-14-19)23-21-7-5-6-8-22(21)24(27-23)18-11-15-20(16-12-18)26(3)4/h5-16H,1-4H3. The number of hydrogen-bond donors (Lipinski definition) is 0. The predicted octanol–water partition coefficient (Wildman–Crippen LogP) is 5.36. The molecule has 0 unspecified atom stereocenters. The van der Waals surface area contributed by atoms with E-state index in [9.17, 15) is 0 Å². The third-order valence-electron chi connectivity index (χ3n) is 4.91. The summed E-state index contributed by atoms with van der Waals surface area (Å²) in [7, 11) is 8.33. The Hall–Kier alpha value is -2.48. The molecule has 3 aromatic carbocycles. The van der Waals surface area contributed by atoms with Gasteiger partial charge in [0, 0.05) is 0 Å². The van der Waals surface area contributed by atoms with E-state index in [4.69, 9.17) is 0 Å². The zero-order valence-corrected chi connectivity index (χ0v) is 17.9. The van der Waals surface area contributed by atoms with Gasteiger partial charge < -0.3 is 0 Å². The van der Waals surface area contributed by atoms with Crippen molar-refractivity contribution in [2.24, 2.45) is 0 Å². The summed E-state index contributed by atoms with van der Waals surface area (Å²) in [4.78, 5) is 4.29. The van der Waals surface area contributed by atoms with E-state index in [1.807, 2.05) is 0 Å². The molecule has 0 N–H and O–H groups in total. The molecule has 27 heavy (non-hydrogen) atoms. The molecule has 4 aromatic rings. The Morgan fingerprint density at radius 1 is 0.519 bits per heavy atom. The van der Waals surface area contributed by atoms with Crippen LogP contribution in [0.4, 0.5) is 11.4 Å². The molecule has 0 amide bonds. The summed E-state index contributed by atoms with van der Waals surface area (Å²) in [6, 6.07) is 26.8. The van der Waals surface area contributed by atoms with Gasteiger partial charge in [-0.25, -0.2) is 0 Å². The van der Waals surface area contributed by atoms with Crippen molar-refractivity contribution < 1.29 is 0 Å². The maximum absolute atomic E-state index is 2.27. The Morgan fingerprint density at radius 3 is 1.22 bits per heavy atom. The van der Waals surface area contributed by atoms with Crippen LogP contribution >= 0.6 is 0 Å². The fourth-order valence-electron chi connectivity index (χ4n) is 3.34. The average molecular weight is 419 g/mol. The number of rotatable bonds is 4. The minimum absolute atomic E-state index is 0.295. The molecular weight excluding hydrogens is 395 g/mol. The molecule has 0 radical (unpaired) electrons. The number of anilines is 2. The molecule has 0 fully saturated rings. The van der Waals surface area contributed by atoms with Crippen molar-refractivity contribution in [1.82, 2.24) is 0 Å². The average Bonchev–Trinajstić information content (AvgIpc) is 3.08. The molecule has 0 saturated carbocycles. The molecule has 2 nitrogen and oxygen atoms in total. The molecule has 4 rings (SSSR count). The van der Waals surface area contributed by atoms with Crippen LogP contribution in [0.15, 0.2) is 72.8 Å². The number of nitrogens with zero attached hydrogens (tertiary/aromatic N) is 2. The summed E-state index contributed by atoms with van der Waals surface area (Å²) in [5, 5.41) is 2.78. The van der Waals surface area contributed by atoms with E-state index in [-0.39, 0.29) is 0 Å². The Bertz CT molecular complexity index is 972. The first kappa shape index (κ1) is 17.9. The second-order valence-corrected chi connectivity index (χ2v) is 9.33. The third kappa shape index (κ3) is 3.41. The first-order valence-corrected chi connectivity index (χ1v) is 10.8. The van der Waals surface area contributed by atoms with Gasteiger partial charge in [-0.1, -0.05) is 0 Å². The SMILES string of the molecule is CN(C)c1ccc(-c2[se]c(-c3ccc(N(C)C)cc3)c3ccccc23)cc1. The molecule has 0 bridgehead atoms. The van der Waals surface area contributed by atoms with Crippen LogP contribution in [0.5, 0.6) is 0 Å². The van der Waals surface area contributed by atoms with Crippen molar-refractivity contribution in [2.45, 2.75) is 0 Å². The second kappa shape index (κ2) is 7.26. The molecule has 0 spiro atoms. The van der Waals surface area contributed by atoms with Gasteiger partial charge in [0.25, 0.3) is 0 Å². The zero-order chi connectivity index (χ0) is 19.0. The molecule has 0 aliphatic rings. The van der Waals surface area contributed by atoms with E-state index in [0.717, 1.165) is 0 Å². The summed E-state index contributed by atoms with van der Waals surface area (Å²) in [6.07, 6.45) is 0. The fourth-order valence-corrected chi connectivity index (χ4v) is 6.04. The number of hydrogen-bond acceptors (Lipinski definition) is 2. The van der Waals surface area contributed by atoms with Crippen LogP contribution in [0, 0.1) is 0 Å². The van der Waals surface area contributed by atoms with Crippen LogP contribution in [-0.2, 0) is 0 Å². The topological polar surface area (TPSA) is 6.48 Å². The van der Waals surface area contributed by atoms with Crippen molar-refractivity contribution >= 4 is 36.7 Å². The van der Waals surface area contributed by atoms with Gasteiger partial charge in [-0.3, -0.25) is 0 Å². The Kier molecular flexibility index (Phi) is 4.82. The summed E-state index contributed by atoms with van der Waals surface area (Å²) >= 11 is 0.295. The quantitative estimate of drug-likeness (QED) is 0.411. The summed E-state index contributed by atoms with van der Waals surface area (Å²) in [6.45, 7) is 0. The van der Waals surface area contributed by atoms with Crippen LogP contribution in [0.2, 0.25) is 0 Å². The molecule has 1 aromatic heterocycles. The van der Waals surface area contributed by atoms with Crippen LogP contribution < -0.4 is 9.80 Å². The molecule has 0 saturated heterocycles. The molecule has 1 heterocycles. The molecule has 0 aliphatic carbocycles. The van der Waals surface area contributed by atoms with Gasteiger partial charge in [-0.05, 0) is 0 Å². The van der Waals surface area contributed by atoms with Crippen molar-refractivity contribution in [3.05, 3.63) is 72.8 Å². The molecule has 3 heteroatoms. The van der Waals surface area contributed by atoms with Crippen LogP contribution in [0.1, 0.15) is 0 Å². The van der Waals surface area contributed by atoms with Crippen LogP contribution in [-0.4, -0.2) is 42.7 Å². The van der Waals surface area contributed by atoms with Crippen molar-refractivity contribution in [3.63, 3.8) is 0 Å². The Labute approximate surface area is 167 Å². The first-order chi connectivity index (χ1) is 13.0. The zero-order valence-electron chi connectivity index (χ0n) is 16.2. The second-order valence-electron chi connectivity index (χ2n) is 7.19. The van der Waals surface area contributed by atoms with Crippen molar-refractivity contribution in [3.8, 4) is 20.0 Å². The van der Waals surface area contributed by atoms with E-state index >= 15 is 0 Å². The maximum atomic E-state index is 2.27. The van der Waals surface area contributed by atoms with Gasteiger partial charge in [-0.15, -0.1) is 0 Å². The summed E-state index contributed by atoms with van der Waals surface area (Å²) < 4.78 is 2.96. The van der Waals surface area contributed by atoms with Gasteiger partial charge in [0.1, 0.15) is 0 Å². The van der Waals surface area contributed by atoms with Gasteiger partial charge in [0.15, 0.2) is 0 Å². The monoisotopic (exact) mass is 420 g/mol.